The first-order valence-corrected chi connectivity index (χ1v) is 7.82. The van der Waals surface area contributed by atoms with Crippen molar-refractivity contribution in [3.05, 3.63) is 29.8 Å². The van der Waals surface area contributed by atoms with Gasteiger partial charge in [0.15, 0.2) is 0 Å². The lowest BCUT2D eigenvalue weighted by Crippen LogP contribution is -2.37. The molecular formula is C16H24N4O3. The number of hydrogen-bond donors (Lipinski definition) is 3. The van der Waals surface area contributed by atoms with Crippen LogP contribution in [0.5, 0.6) is 0 Å². The number of nitrogens with one attached hydrogen (secondary N) is 3. The zero-order chi connectivity index (χ0) is 16.5. The molecule has 126 valence electrons. The summed E-state index contributed by atoms with van der Waals surface area (Å²) in [6.07, 6.45) is 0.975. The molecule has 3 amide bonds. The molecule has 0 aromatic heterocycles. The third-order valence-electron chi connectivity index (χ3n) is 3.72. The number of benzene rings is 1. The van der Waals surface area contributed by atoms with Crippen molar-refractivity contribution < 1.29 is 14.3 Å². The lowest BCUT2D eigenvalue weighted by atomic mass is 10.1. The van der Waals surface area contributed by atoms with Gasteiger partial charge in [0.25, 0.3) is 0 Å². The van der Waals surface area contributed by atoms with Gasteiger partial charge in [-0.3, -0.25) is 9.69 Å². The number of anilines is 1. The highest BCUT2D eigenvalue weighted by molar-refractivity contribution is 5.92. The Morgan fingerprint density at radius 2 is 1.87 bits per heavy atom. The first-order chi connectivity index (χ1) is 11.2. The first kappa shape index (κ1) is 17.2. The molecule has 0 radical (unpaired) electrons. The maximum atomic E-state index is 11.6. The second kappa shape index (κ2) is 9.12. The molecule has 0 saturated carbocycles. The highest BCUT2D eigenvalue weighted by Crippen LogP contribution is 2.11. The van der Waals surface area contributed by atoms with Crippen molar-refractivity contribution in [1.82, 2.24) is 15.5 Å². The molecule has 2 rings (SSSR count). The quantitative estimate of drug-likeness (QED) is 0.710. The van der Waals surface area contributed by atoms with E-state index in [4.69, 9.17) is 4.74 Å². The van der Waals surface area contributed by atoms with Crippen LogP contribution in [0.4, 0.5) is 10.5 Å². The average Bonchev–Trinajstić information content (AvgIpc) is 2.60. The van der Waals surface area contributed by atoms with Crippen molar-refractivity contribution in [3.8, 4) is 0 Å². The molecule has 1 aromatic carbocycles. The Morgan fingerprint density at radius 1 is 1.17 bits per heavy atom. The molecule has 3 N–H and O–H groups in total. The van der Waals surface area contributed by atoms with Crippen LogP contribution in [-0.4, -0.2) is 63.3 Å². The first-order valence-electron chi connectivity index (χ1n) is 7.82. The van der Waals surface area contributed by atoms with Gasteiger partial charge in [-0.25, -0.2) is 4.79 Å². The molecule has 1 aliphatic heterocycles. The Balaban J connectivity index is 1.73. The zero-order valence-corrected chi connectivity index (χ0v) is 13.4. The summed E-state index contributed by atoms with van der Waals surface area (Å²) in [5.74, 6) is -0.237. The van der Waals surface area contributed by atoms with Crippen molar-refractivity contribution in [3.63, 3.8) is 0 Å². The van der Waals surface area contributed by atoms with Crippen molar-refractivity contribution in [2.45, 2.75) is 6.42 Å². The highest BCUT2D eigenvalue weighted by atomic mass is 16.5. The van der Waals surface area contributed by atoms with Gasteiger partial charge in [0.05, 0.1) is 19.8 Å². The van der Waals surface area contributed by atoms with Gasteiger partial charge in [-0.2, -0.15) is 0 Å². The van der Waals surface area contributed by atoms with E-state index in [1.165, 1.54) is 12.6 Å². The minimum Gasteiger partial charge on any atom is -0.379 e. The lowest BCUT2D eigenvalue weighted by molar-refractivity contribution is -0.119. The van der Waals surface area contributed by atoms with Crippen LogP contribution in [0.15, 0.2) is 24.3 Å². The number of morpholine rings is 1. The van der Waals surface area contributed by atoms with Crippen LogP contribution in [0.1, 0.15) is 5.56 Å². The van der Waals surface area contributed by atoms with E-state index >= 15 is 0 Å². The number of amides is 3. The number of carbonyl (C=O) groups is 2. The van der Waals surface area contributed by atoms with Crippen LogP contribution >= 0.6 is 0 Å². The van der Waals surface area contributed by atoms with Crippen LogP contribution in [0, 0.1) is 0 Å². The van der Waals surface area contributed by atoms with Crippen molar-refractivity contribution in [2.24, 2.45) is 0 Å². The van der Waals surface area contributed by atoms with E-state index in [1.807, 2.05) is 24.3 Å². The molecule has 1 aliphatic rings. The molecule has 1 aromatic rings. The summed E-state index contributed by atoms with van der Waals surface area (Å²) in [6.45, 7) is 4.58. The normalized spacial score (nSPS) is 15.0. The van der Waals surface area contributed by atoms with E-state index in [2.05, 4.69) is 20.9 Å². The molecule has 7 nitrogen and oxygen atoms in total. The fourth-order valence-corrected chi connectivity index (χ4v) is 2.29. The summed E-state index contributed by atoms with van der Waals surface area (Å²) >= 11 is 0. The van der Waals surface area contributed by atoms with Gasteiger partial charge in [-0.1, -0.05) is 12.1 Å². The number of ether oxygens (including phenoxy) is 1. The predicted molar refractivity (Wildman–Crippen MR) is 88.5 cm³/mol. The van der Waals surface area contributed by atoms with Gasteiger partial charge in [0.2, 0.25) is 5.91 Å². The van der Waals surface area contributed by atoms with Crippen LogP contribution in [0.3, 0.4) is 0 Å². The summed E-state index contributed by atoms with van der Waals surface area (Å²) in [4.78, 5) is 25.1. The highest BCUT2D eigenvalue weighted by Gasteiger charge is 2.10. The molecule has 0 spiro atoms. The minimum atomic E-state index is -0.394. The molecule has 0 atom stereocenters. The monoisotopic (exact) mass is 320 g/mol. The molecule has 0 unspecified atom stereocenters. The Kier molecular flexibility index (Phi) is 6.83. The number of nitrogens with zero attached hydrogens (tertiary/aromatic N) is 1. The molecule has 23 heavy (non-hydrogen) atoms. The van der Waals surface area contributed by atoms with Gasteiger partial charge in [-0.05, 0) is 24.1 Å². The average molecular weight is 320 g/mol. The Morgan fingerprint density at radius 3 is 2.52 bits per heavy atom. The molecule has 7 heteroatoms. The number of likely N-dealkylation sites (N-methyl/N-ethyl adjacent to an activating group) is 1. The smallest absolute Gasteiger partial charge is 0.319 e. The van der Waals surface area contributed by atoms with E-state index in [1.54, 1.807) is 0 Å². The van der Waals surface area contributed by atoms with Crippen LogP contribution in [-0.2, 0) is 16.0 Å². The maximum Gasteiger partial charge on any atom is 0.319 e. The summed E-state index contributed by atoms with van der Waals surface area (Å²) in [6, 6.07) is 7.36. The van der Waals surface area contributed by atoms with Gasteiger partial charge in [0.1, 0.15) is 0 Å². The number of carbonyl (C=O) groups excluding carboxylic acids is 2. The van der Waals surface area contributed by atoms with E-state index in [0.717, 1.165) is 39.3 Å². The number of urea groups is 1. The van der Waals surface area contributed by atoms with Gasteiger partial charge in [0, 0.05) is 32.4 Å². The summed E-state index contributed by atoms with van der Waals surface area (Å²) in [5.41, 5.74) is 1.93. The van der Waals surface area contributed by atoms with E-state index in [0.29, 0.717) is 5.69 Å². The fraction of sp³-hybridized carbons (Fsp3) is 0.500. The molecule has 1 saturated heterocycles. The maximum absolute atomic E-state index is 11.6. The number of rotatable bonds is 6. The standard InChI is InChI=1S/C16H24N4O3/c1-17-15(21)12-18-16(22)19-14-4-2-13(3-5-14)6-7-20-8-10-23-11-9-20/h2-5H,6-12H2,1H3,(H,17,21)(H2,18,19,22). The van der Waals surface area contributed by atoms with E-state index in [-0.39, 0.29) is 12.5 Å². The summed E-state index contributed by atoms with van der Waals surface area (Å²) < 4.78 is 5.33. The van der Waals surface area contributed by atoms with Crippen molar-refractivity contribution in [2.75, 3.05) is 51.8 Å². The Labute approximate surface area is 136 Å². The predicted octanol–water partition coefficient (Wildman–Crippen LogP) is 0.429. The second-order valence-corrected chi connectivity index (χ2v) is 5.38. The third-order valence-corrected chi connectivity index (χ3v) is 3.72. The summed E-state index contributed by atoms with van der Waals surface area (Å²) in [5, 5.41) is 7.62. The van der Waals surface area contributed by atoms with Gasteiger partial charge >= 0.3 is 6.03 Å². The molecule has 0 aliphatic carbocycles. The molecular weight excluding hydrogens is 296 g/mol. The second-order valence-electron chi connectivity index (χ2n) is 5.38. The molecule has 0 bridgehead atoms. The van der Waals surface area contributed by atoms with E-state index in [9.17, 15) is 9.59 Å². The SMILES string of the molecule is CNC(=O)CNC(=O)Nc1ccc(CCN2CCOCC2)cc1. The van der Waals surface area contributed by atoms with Crippen molar-refractivity contribution >= 4 is 17.6 Å². The van der Waals surface area contributed by atoms with Crippen LogP contribution < -0.4 is 16.0 Å². The number of hydrogen-bond acceptors (Lipinski definition) is 4. The molecule has 1 fully saturated rings. The topological polar surface area (TPSA) is 82.7 Å². The van der Waals surface area contributed by atoms with Gasteiger partial charge in [-0.15, -0.1) is 0 Å². The largest absolute Gasteiger partial charge is 0.379 e. The van der Waals surface area contributed by atoms with Crippen LogP contribution in [0.25, 0.3) is 0 Å². The lowest BCUT2D eigenvalue weighted by Gasteiger charge is -2.26. The Hall–Kier alpha value is -2.12. The molecule has 1 heterocycles. The van der Waals surface area contributed by atoms with E-state index < -0.39 is 6.03 Å². The summed E-state index contributed by atoms with van der Waals surface area (Å²) in [7, 11) is 1.53. The third kappa shape index (κ3) is 6.25. The minimum absolute atomic E-state index is 0.0417. The van der Waals surface area contributed by atoms with Gasteiger partial charge < -0.3 is 20.7 Å². The zero-order valence-electron chi connectivity index (χ0n) is 13.4. The Bertz CT molecular complexity index is 513. The van der Waals surface area contributed by atoms with Crippen LogP contribution in [0.2, 0.25) is 0 Å². The fourth-order valence-electron chi connectivity index (χ4n) is 2.29. The van der Waals surface area contributed by atoms with Crippen molar-refractivity contribution in [1.29, 1.82) is 0 Å².